The smallest absolute Gasteiger partial charge is 0.0629 e. The van der Waals surface area contributed by atoms with Crippen molar-refractivity contribution in [3.63, 3.8) is 0 Å². The standard InChI is InChI=1S/C51H42N2/c1-51(2)47-19-11-9-17-43(47)44-31-30-42(34-48(44)51)52(39-15-7-4-8-16-39)40-26-23-37(24-27-40)38-25-32-50-46(33-38)45-18-10-12-20-49(45)53(50)41-28-21-36(22-29-41)35-13-5-3-6-14-35/h3-26,28-34,40,45,49H,27H2,1-2H3. The number of hydrogen-bond acceptors (Lipinski definition) is 2. The summed E-state index contributed by atoms with van der Waals surface area (Å²) in [4.78, 5) is 5.05. The maximum atomic E-state index is 2.52. The molecule has 2 nitrogen and oxygen atoms in total. The number of allylic oxidation sites excluding steroid dienone is 4. The van der Waals surface area contributed by atoms with Gasteiger partial charge in [0.15, 0.2) is 0 Å². The van der Waals surface area contributed by atoms with Gasteiger partial charge < -0.3 is 9.80 Å². The molecule has 0 radical (unpaired) electrons. The van der Waals surface area contributed by atoms with Gasteiger partial charge in [0, 0.05) is 34.1 Å². The molecule has 0 saturated carbocycles. The third-order valence-electron chi connectivity index (χ3n) is 11.9. The first-order valence-electron chi connectivity index (χ1n) is 19.0. The van der Waals surface area contributed by atoms with E-state index in [1.807, 2.05) is 0 Å². The molecule has 1 heterocycles. The van der Waals surface area contributed by atoms with Crippen LogP contribution in [0, 0.1) is 0 Å². The normalized spacial score (nSPS) is 20.0. The first-order chi connectivity index (χ1) is 26.0. The van der Waals surface area contributed by atoms with Gasteiger partial charge in [-0.05, 0) is 105 Å². The van der Waals surface area contributed by atoms with E-state index in [-0.39, 0.29) is 17.5 Å². The summed E-state index contributed by atoms with van der Waals surface area (Å²) >= 11 is 0. The van der Waals surface area contributed by atoms with Gasteiger partial charge >= 0.3 is 0 Å². The third kappa shape index (κ3) is 5.24. The Bertz CT molecular complexity index is 2460. The molecule has 6 aromatic rings. The number of hydrogen-bond donors (Lipinski definition) is 0. The second-order valence-electron chi connectivity index (χ2n) is 15.3. The van der Waals surface area contributed by atoms with Gasteiger partial charge in [-0.3, -0.25) is 0 Å². The Kier molecular flexibility index (Phi) is 7.47. The topological polar surface area (TPSA) is 6.48 Å². The summed E-state index contributed by atoms with van der Waals surface area (Å²) in [6, 6.07) is 54.2. The molecular formula is C51H42N2. The van der Waals surface area contributed by atoms with Crippen molar-refractivity contribution in [3.05, 3.63) is 210 Å². The molecule has 3 aliphatic carbocycles. The van der Waals surface area contributed by atoms with Crippen LogP contribution < -0.4 is 9.80 Å². The molecule has 0 N–H and O–H groups in total. The van der Waals surface area contributed by atoms with Crippen molar-refractivity contribution < 1.29 is 0 Å². The predicted molar refractivity (Wildman–Crippen MR) is 223 cm³/mol. The molecule has 4 aliphatic rings. The maximum absolute atomic E-state index is 2.52. The Hall–Kier alpha value is -6.12. The van der Waals surface area contributed by atoms with Crippen LogP contribution in [0.2, 0.25) is 0 Å². The summed E-state index contributed by atoms with van der Waals surface area (Å²) in [5, 5.41) is 0. The van der Waals surface area contributed by atoms with E-state index in [1.54, 1.807) is 0 Å². The Balaban J connectivity index is 0.954. The number of rotatable bonds is 6. The molecule has 3 atom stereocenters. The van der Waals surface area contributed by atoms with Gasteiger partial charge in [-0.2, -0.15) is 0 Å². The fourth-order valence-electron chi connectivity index (χ4n) is 9.24. The average Bonchev–Trinajstić information content (AvgIpc) is 3.67. The quantitative estimate of drug-likeness (QED) is 0.173. The Labute approximate surface area is 313 Å². The molecule has 0 spiro atoms. The molecule has 256 valence electrons. The lowest BCUT2D eigenvalue weighted by molar-refractivity contribution is 0.659. The second kappa shape index (κ2) is 12.5. The van der Waals surface area contributed by atoms with Crippen LogP contribution in [0.3, 0.4) is 0 Å². The van der Waals surface area contributed by atoms with E-state index in [0.717, 1.165) is 6.42 Å². The van der Waals surface area contributed by atoms with Crippen molar-refractivity contribution in [2.24, 2.45) is 0 Å². The number of anilines is 4. The summed E-state index contributed by atoms with van der Waals surface area (Å²) < 4.78 is 0. The molecule has 0 fully saturated rings. The van der Waals surface area contributed by atoms with Crippen LogP contribution in [0.15, 0.2) is 188 Å². The van der Waals surface area contributed by atoms with Crippen LogP contribution in [-0.2, 0) is 5.41 Å². The summed E-state index contributed by atoms with van der Waals surface area (Å²) in [5.41, 5.74) is 16.9. The molecule has 1 aliphatic heterocycles. The number of fused-ring (bicyclic) bond motifs is 6. The highest BCUT2D eigenvalue weighted by Gasteiger charge is 2.38. The Morgan fingerprint density at radius 2 is 1.28 bits per heavy atom. The number of nitrogens with zero attached hydrogens (tertiary/aromatic N) is 2. The molecule has 53 heavy (non-hydrogen) atoms. The fourth-order valence-corrected chi connectivity index (χ4v) is 9.24. The van der Waals surface area contributed by atoms with E-state index in [4.69, 9.17) is 0 Å². The van der Waals surface area contributed by atoms with Gasteiger partial charge in [0.2, 0.25) is 0 Å². The monoisotopic (exact) mass is 682 g/mol. The highest BCUT2D eigenvalue weighted by molar-refractivity contribution is 5.85. The Morgan fingerprint density at radius 3 is 2.08 bits per heavy atom. The van der Waals surface area contributed by atoms with Crippen molar-refractivity contribution in [2.45, 2.75) is 43.7 Å². The van der Waals surface area contributed by atoms with E-state index >= 15 is 0 Å². The lowest BCUT2D eigenvalue weighted by atomic mass is 9.82. The van der Waals surface area contributed by atoms with Gasteiger partial charge in [-0.15, -0.1) is 0 Å². The molecule has 0 amide bonds. The van der Waals surface area contributed by atoms with E-state index in [1.165, 1.54) is 72.8 Å². The van der Waals surface area contributed by atoms with Crippen LogP contribution >= 0.6 is 0 Å². The summed E-state index contributed by atoms with van der Waals surface area (Å²) in [5.74, 6) is 0.313. The molecular weight excluding hydrogens is 641 g/mol. The molecule has 3 unspecified atom stereocenters. The van der Waals surface area contributed by atoms with Gasteiger partial charge in [-0.1, -0.05) is 153 Å². The zero-order valence-corrected chi connectivity index (χ0v) is 30.2. The summed E-state index contributed by atoms with van der Waals surface area (Å²) in [6.07, 6.45) is 17.3. The van der Waals surface area contributed by atoms with E-state index in [9.17, 15) is 0 Å². The molecule has 0 saturated heterocycles. The molecule has 0 aromatic heterocycles. The largest absolute Gasteiger partial charge is 0.334 e. The van der Waals surface area contributed by atoms with E-state index in [0.29, 0.717) is 5.92 Å². The Morgan fingerprint density at radius 1 is 0.585 bits per heavy atom. The molecule has 6 aromatic carbocycles. The minimum absolute atomic E-state index is 0.0448. The minimum Gasteiger partial charge on any atom is -0.334 e. The van der Waals surface area contributed by atoms with Crippen LogP contribution in [0.5, 0.6) is 0 Å². The fraction of sp³-hybridized carbons (Fsp3) is 0.137. The van der Waals surface area contributed by atoms with Crippen LogP contribution in [-0.4, -0.2) is 12.1 Å². The average molecular weight is 683 g/mol. The molecule has 10 rings (SSSR count). The first-order valence-corrected chi connectivity index (χ1v) is 19.0. The van der Waals surface area contributed by atoms with Crippen molar-refractivity contribution in [1.29, 1.82) is 0 Å². The van der Waals surface area contributed by atoms with Gasteiger partial charge in [-0.25, -0.2) is 0 Å². The third-order valence-corrected chi connectivity index (χ3v) is 11.9. The highest BCUT2D eigenvalue weighted by Crippen LogP contribution is 2.51. The SMILES string of the molecule is CC1(C)c2ccccc2-c2ccc(N(c3ccccc3)C3C=CC(c4ccc5c(c4)C4C=CC=CC4N5c4ccc(-c5ccccc5)cc4)=CC3)cc21. The lowest BCUT2D eigenvalue weighted by Crippen LogP contribution is -2.30. The van der Waals surface area contributed by atoms with Gasteiger partial charge in [0.05, 0.1) is 12.1 Å². The number of benzene rings is 6. The van der Waals surface area contributed by atoms with E-state index < -0.39 is 0 Å². The van der Waals surface area contributed by atoms with Crippen molar-refractivity contribution in [2.75, 3.05) is 9.80 Å². The lowest BCUT2D eigenvalue weighted by Gasteiger charge is -2.34. The second-order valence-corrected chi connectivity index (χ2v) is 15.3. The van der Waals surface area contributed by atoms with Crippen molar-refractivity contribution in [3.8, 4) is 22.3 Å². The van der Waals surface area contributed by atoms with Crippen molar-refractivity contribution >= 4 is 28.3 Å². The summed E-state index contributed by atoms with van der Waals surface area (Å²) in [6.45, 7) is 4.73. The molecule has 2 heteroatoms. The van der Waals surface area contributed by atoms with Crippen LogP contribution in [0.1, 0.15) is 48.4 Å². The highest BCUT2D eigenvalue weighted by atomic mass is 15.2. The first kappa shape index (κ1) is 31.6. The zero-order chi connectivity index (χ0) is 35.5. The minimum atomic E-state index is -0.0448. The van der Waals surface area contributed by atoms with E-state index in [2.05, 4.69) is 212 Å². The summed E-state index contributed by atoms with van der Waals surface area (Å²) in [7, 11) is 0. The van der Waals surface area contributed by atoms with Gasteiger partial charge in [0.25, 0.3) is 0 Å². The van der Waals surface area contributed by atoms with Crippen molar-refractivity contribution in [1.82, 2.24) is 0 Å². The van der Waals surface area contributed by atoms with Crippen LogP contribution in [0.4, 0.5) is 22.7 Å². The van der Waals surface area contributed by atoms with Gasteiger partial charge in [0.1, 0.15) is 0 Å². The molecule has 0 bridgehead atoms. The zero-order valence-electron chi connectivity index (χ0n) is 30.2. The number of para-hydroxylation sites is 1. The predicted octanol–water partition coefficient (Wildman–Crippen LogP) is 12.9. The van der Waals surface area contributed by atoms with Crippen LogP contribution in [0.25, 0.3) is 27.8 Å². The maximum Gasteiger partial charge on any atom is 0.0629 e.